The molecule has 1 aromatic heterocycles. The predicted molar refractivity (Wildman–Crippen MR) is 75.3 cm³/mol. The van der Waals surface area contributed by atoms with Gasteiger partial charge in [0.25, 0.3) is 0 Å². The highest BCUT2D eigenvalue weighted by Crippen LogP contribution is 2.24. The largest absolute Gasteiger partial charge is 0.444 e. The van der Waals surface area contributed by atoms with E-state index in [4.69, 9.17) is 10.2 Å². The maximum atomic E-state index is 5.58. The van der Waals surface area contributed by atoms with Crippen molar-refractivity contribution in [1.82, 2.24) is 4.98 Å². The number of nitrogens with zero attached hydrogens (tertiary/aromatic N) is 1. The van der Waals surface area contributed by atoms with Crippen molar-refractivity contribution in [3.05, 3.63) is 66.4 Å². The summed E-state index contributed by atoms with van der Waals surface area (Å²) in [6.45, 7) is 0.543. The van der Waals surface area contributed by atoms with Crippen LogP contribution < -0.4 is 5.73 Å². The summed E-state index contributed by atoms with van der Waals surface area (Å²) in [4.78, 5) is 4.51. The second-order valence-electron chi connectivity index (χ2n) is 4.30. The summed E-state index contributed by atoms with van der Waals surface area (Å²) in [5.74, 6) is 0.627. The fourth-order valence-electron chi connectivity index (χ4n) is 1.93. The van der Waals surface area contributed by atoms with Crippen molar-refractivity contribution >= 4 is 0 Å². The van der Waals surface area contributed by atoms with E-state index in [1.807, 2.05) is 54.6 Å². The summed E-state index contributed by atoms with van der Waals surface area (Å²) >= 11 is 0. The van der Waals surface area contributed by atoms with Gasteiger partial charge >= 0.3 is 0 Å². The molecule has 0 aliphatic heterocycles. The topological polar surface area (TPSA) is 52.0 Å². The van der Waals surface area contributed by atoms with Gasteiger partial charge < -0.3 is 10.2 Å². The van der Waals surface area contributed by atoms with Crippen LogP contribution in [0.3, 0.4) is 0 Å². The van der Waals surface area contributed by atoms with Crippen LogP contribution in [0.4, 0.5) is 0 Å². The second-order valence-corrected chi connectivity index (χ2v) is 4.30. The van der Waals surface area contributed by atoms with Crippen LogP contribution in [0.25, 0.3) is 22.7 Å². The number of rotatable bonds is 3. The minimum atomic E-state index is 0.543. The zero-order valence-electron chi connectivity index (χ0n) is 10.4. The highest BCUT2D eigenvalue weighted by molar-refractivity contribution is 5.62. The Kier molecular flexibility index (Phi) is 3.12. The lowest BCUT2D eigenvalue weighted by Crippen LogP contribution is -1.95. The van der Waals surface area contributed by atoms with Crippen LogP contribution in [0.5, 0.6) is 0 Å². The minimum Gasteiger partial charge on any atom is -0.444 e. The van der Waals surface area contributed by atoms with E-state index < -0.39 is 0 Å². The van der Waals surface area contributed by atoms with Gasteiger partial charge in [-0.05, 0) is 17.7 Å². The molecule has 3 rings (SSSR count). The van der Waals surface area contributed by atoms with Gasteiger partial charge in [0.05, 0.1) is 0 Å². The molecule has 2 N–H and O–H groups in total. The fourth-order valence-corrected chi connectivity index (χ4v) is 1.93. The Morgan fingerprint density at radius 1 is 0.895 bits per heavy atom. The molecule has 0 fully saturated rings. The molecule has 19 heavy (non-hydrogen) atoms. The van der Waals surface area contributed by atoms with Gasteiger partial charge in [0.2, 0.25) is 5.89 Å². The van der Waals surface area contributed by atoms with E-state index in [1.54, 1.807) is 6.26 Å². The zero-order chi connectivity index (χ0) is 13.1. The summed E-state index contributed by atoms with van der Waals surface area (Å²) in [5, 5.41) is 0. The molecule has 94 valence electrons. The molecule has 0 amide bonds. The van der Waals surface area contributed by atoms with Crippen molar-refractivity contribution in [2.45, 2.75) is 6.54 Å². The molecule has 0 aliphatic carbocycles. The first-order chi connectivity index (χ1) is 9.36. The second kappa shape index (κ2) is 5.08. The van der Waals surface area contributed by atoms with Crippen LogP contribution in [0.1, 0.15) is 5.56 Å². The van der Waals surface area contributed by atoms with E-state index >= 15 is 0 Å². The third kappa shape index (κ3) is 2.41. The first-order valence-corrected chi connectivity index (χ1v) is 6.17. The van der Waals surface area contributed by atoms with Gasteiger partial charge in [-0.25, -0.2) is 4.98 Å². The van der Waals surface area contributed by atoms with Crippen molar-refractivity contribution in [3.63, 3.8) is 0 Å². The zero-order valence-corrected chi connectivity index (χ0v) is 10.4. The number of nitrogens with two attached hydrogens (primary N) is 1. The summed E-state index contributed by atoms with van der Waals surface area (Å²) in [6, 6.07) is 17.9. The predicted octanol–water partition coefficient (Wildman–Crippen LogP) is 3.47. The summed E-state index contributed by atoms with van der Waals surface area (Å²) in [6.07, 6.45) is 1.68. The normalized spacial score (nSPS) is 10.6. The van der Waals surface area contributed by atoms with E-state index in [1.165, 1.54) is 0 Å². The quantitative estimate of drug-likeness (QED) is 0.774. The van der Waals surface area contributed by atoms with Crippen LogP contribution in [-0.2, 0) is 6.54 Å². The average molecular weight is 250 g/mol. The third-order valence-electron chi connectivity index (χ3n) is 3.01. The monoisotopic (exact) mass is 250 g/mol. The Morgan fingerprint density at radius 3 is 2.32 bits per heavy atom. The Balaban J connectivity index is 1.92. The van der Waals surface area contributed by atoms with E-state index in [0.29, 0.717) is 12.4 Å². The summed E-state index contributed by atoms with van der Waals surface area (Å²) in [7, 11) is 0. The average Bonchev–Trinajstić information content (AvgIpc) is 2.98. The van der Waals surface area contributed by atoms with Gasteiger partial charge in [-0.15, -0.1) is 0 Å². The Morgan fingerprint density at radius 2 is 1.63 bits per heavy atom. The number of benzene rings is 2. The van der Waals surface area contributed by atoms with Crippen molar-refractivity contribution in [1.29, 1.82) is 0 Å². The van der Waals surface area contributed by atoms with Crippen LogP contribution in [0.15, 0.2) is 65.3 Å². The van der Waals surface area contributed by atoms with E-state index in [0.717, 1.165) is 22.4 Å². The molecule has 0 aliphatic rings. The van der Waals surface area contributed by atoms with E-state index in [9.17, 15) is 0 Å². The van der Waals surface area contributed by atoms with Gasteiger partial charge in [-0.3, -0.25) is 0 Å². The molecule has 0 unspecified atom stereocenters. The minimum absolute atomic E-state index is 0.543. The Bertz CT molecular complexity index is 657. The molecule has 1 heterocycles. The third-order valence-corrected chi connectivity index (χ3v) is 3.01. The lowest BCUT2D eigenvalue weighted by Gasteiger charge is -1.98. The van der Waals surface area contributed by atoms with Gasteiger partial charge in [0, 0.05) is 17.7 Å². The first-order valence-electron chi connectivity index (χ1n) is 6.17. The van der Waals surface area contributed by atoms with Crippen molar-refractivity contribution in [2.24, 2.45) is 5.73 Å². The smallest absolute Gasteiger partial charge is 0.226 e. The van der Waals surface area contributed by atoms with Crippen molar-refractivity contribution in [2.75, 3.05) is 0 Å². The molecule has 2 aromatic carbocycles. The number of hydrogen-bond donors (Lipinski definition) is 1. The molecule has 0 atom stereocenters. The first kappa shape index (κ1) is 11.7. The van der Waals surface area contributed by atoms with Crippen LogP contribution >= 0.6 is 0 Å². The fraction of sp³-hybridized carbons (Fsp3) is 0.0625. The van der Waals surface area contributed by atoms with Crippen molar-refractivity contribution in [3.8, 4) is 22.7 Å². The highest BCUT2D eigenvalue weighted by Gasteiger charge is 2.07. The molecule has 3 nitrogen and oxygen atoms in total. The molecule has 0 saturated heterocycles. The standard InChI is InChI=1S/C16H14N2O/c17-10-12-6-8-14(9-7-12)16-18-15(11-19-16)13-4-2-1-3-5-13/h1-9,11H,10,17H2. The van der Waals surface area contributed by atoms with Gasteiger partial charge in [-0.1, -0.05) is 42.5 Å². The van der Waals surface area contributed by atoms with Gasteiger partial charge in [0.15, 0.2) is 0 Å². The van der Waals surface area contributed by atoms with E-state index in [2.05, 4.69) is 4.98 Å². The summed E-state index contributed by atoms with van der Waals surface area (Å²) in [5.41, 5.74) is 9.53. The Hall–Kier alpha value is -2.39. The van der Waals surface area contributed by atoms with Gasteiger partial charge in [0.1, 0.15) is 12.0 Å². The highest BCUT2D eigenvalue weighted by atomic mass is 16.3. The Labute approximate surface area is 111 Å². The lowest BCUT2D eigenvalue weighted by molar-refractivity contribution is 0.575. The molecular formula is C16H14N2O. The van der Waals surface area contributed by atoms with Crippen LogP contribution in [-0.4, -0.2) is 4.98 Å². The van der Waals surface area contributed by atoms with E-state index in [-0.39, 0.29) is 0 Å². The SMILES string of the molecule is NCc1ccc(-c2nc(-c3ccccc3)co2)cc1. The molecule has 0 saturated carbocycles. The molecule has 0 radical (unpaired) electrons. The number of aromatic nitrogens is 1. The van der Waals surface area contributed by atoms with Crippen LogP contribution in [0.2, 0.25) is 0 Å². The molecule has 3 heteroatoms. The number of hydrogen-bond acceptors (Lipinski definition) is 3. The lowest BCUT2D eigenvalue weighted by atomic mass is 10.1. The van der Waals surface area contributed by atoms with Crippen molar-refractivity contribution < 1.29 is 4.42 Å². The maximum absolute atomic E-state index is 5.58. The van der Waals surface area contributed by atoms with Crippen LogP contribution in [0, 0.1) is 0 Å². The molecular weight excluding hydrogens is 236 g/mol. The molecule has 0 bridgehead atoms. The maximum Gasteiger partial charge on any atom is 0.226 e. The molecule has 3 aromatic rings. The summed E-state index contributed by atoms with van der Waals surface area (Å²) < 4.78 is 5.54. The van der Waals surface area contributed by atoms with Gasteiger partial charge in [-0.2, -0.15) is 0 Å². The number of oxazole rings is 1. The molecule has 0 spiro atoms.